The van der Waals surface area contributed by atoms with Gasteiger partial charge in [-0.05, 0) is 6.42 Å². The quantitative estimate of drug-likeness (QED) is 0.692. The van der Waals surface area contributed by atoms with Crippen LogP contribution < -0.4 is 0 Å². The molecule has 0 radical (unpaired) electrons. The Balaban J connectivity index is 3.00. The minimum atomic E-state index is -1.12. The van der Waals surface area contributed by atoms with Gasteiger partial charge in [-0.1, -0.05) is 20.8 Å². The number of amides is 2. The molecule has 0 spiro atoms. The molecule has 15 heavy (non-hydrogen) atoms. The number of hydrogen-bond acceptors (Lipinski definition) is 3. The SMILES string of the molecule is CCC(C(=O)O)N1C(=O)C(C)C(C)C1=O. The zero-order valence-electron chi connectivity index (χ0n) is 9.06. The molecule has 0 aromatic rings. The molecular weight excluding hydrogens is 198 g/mol. The average Bonchev–Trinajstić information content (AvgIpc) is 2.36. The van der Waals surface area contributed by atoms with E-state index in [1.165, 1.54) is 0 Å². The van der Waals surface area contributed by atoms with E-state index in [4.69, 9.17) is 5.11 Å². The topological polar surface area (TPSA) is 74.7 Å². The number of carbonyl (C=O) groups excluding carboxylic acids is 2. The van der Waals surface area contributed by atoms with Gasteiger partial charge in [0.25, 0.3) is 0 Å². The van der Waals surface area contributed by atoms with E-state index in [0.29, 0.717) is 0 Å². The van der Waals surface area contributed by atoms with Crippen LogP contribution in [0.1, 0.15) is 27.2 Å². The third kappa shape index (κ3) is 1.73. The Kier molecular flexibility index (Phi) is 3.12. The number of carboxylic acid groups (broad SMARTS) is 1. The van der Waals surface area contributed by atoms with Gasteiger partial charge in [0.15, 0.2) is 0 Å². The molecule has 0 aromatic carbocycles. The van der Waals surface area contributed by atoms with Crippen molar-refractivity contribution in [2.45, 2.75) is 33.2 Å². The van der Waals surface area contributed by atoms with Crippen LogP contribution in [-0.2, 0) is 14.4 Å². The van der Waals surface area contributed by atoms with E-state index >= 15 is 0 Å². The van der Waals surface area contributed by atoms with Gasteiger partial charge in [0.1, 0.15) is 6.04 Å². The number of carboxylic acids is 1. The van der Waals surface area contributed by atoms with Crippen molar-refractivity contribution >= 4 is 17.8 Å². The summed E-state index contributed by atoms with van der Waals surface area (Å²) < 4.78 is 0. The minimum Gasteiger partial charge on any atom is -0.480 e. The van der Waals surface area contributed by atoms with Crippen LogP contribution in [0.3, 0.4) is 0 Å². The molecule has 0 aliphatic carbocycles. The van der Waals surface area contributed by atoms with Crippen LogP contribution in [0.15, 0.2) is 0 Å². The summed E-state index contributed by atoms with van der Waals surface area (Å²) in [5.41, 5.74) is 0. The van der Waals surface area contributed by atoms with Gasteiger partial charge in [0.2, 0.25) is 11.8 Å². The predicted molar refractivity (Wildman–Crippen MR) is 51.9 cm³/mol. The van der Waals surface area contributed by atoms with Gasteiger partial charge in [-0.2, -0.15) is 0 Å². The first kappa shape index (κ1) is 11.7. The average molecular weight is 213 g/mol. The molecular formula is C10H15NO4. The third-order valence-corrected chi connectivity index (χ3v) is 2.99. The lowest BCUT2D eigenvalue weighted by atomic mass is 10.00. The molecule has 1 fully saturated rings. The molecule has 0 bridgehead atoms. The van der Waals surface area contributed by atoms with Crippen LogP contribution in [0.5, 0.6) is 0 Å². The van der Waals surface area contributed by atoms with E-state index in [0.717, 1.165) is 4.90 Å². The highest BCUT2D eigenvalue weighted by Crippen LogP contribution is 2.27. The first-order chi connectivity index (χ1) is 6.91. The summed E-state index contributed by atoms with van der Waals surface area (Å²) in [7, 11) is 0. The fourth-order valence-corrected chi connectivity index (χ4v) is 1.75. The number of aliphatic carboxylic acids is 1. The Morgan fingerprint density at radius 1 is 1.33 bits per heavy atom. The van der Waals surface area contributed by atoms with Crippen molar-refractivity contribution in [1.29, 1.82) is 0 Å². The lowest BCUT2D eigenvalue weighted by Gasteiger charge is -2.21. The highest BCUT2D eigenvalue weighted by Gasteiger charge is 2.46. The van der Waals surface area contributed by atoms with E-state index in [2.05, 4.69) is 0 Å². The molecule has 1 aliphatic rings. The summed E-state index contributed by atoms with van der Waals surface area (Å²) in [6.07, 6.45) is 0.242. The molecule has 1 rings (SSSR count). The van der Waals surface area contributed by atoms with Gasteiger partial charge >= 0.3 is 5.97 Å². The van der Waals surface area contributed by atoms with E-state index in [-0.39, 0.29) is 18.2 Å². The van der Waals surface area contributed by atoms with Crippen molar-refractivity contribution in [1.82, 2.24) is 4.90 Å². The molecule has 0 saturated carbocycles. The normalized spacial score (nSPS) is 28.3. The van der Waals surface area contributed by atoms with Crippen LogP contribution in [0.2, 0.25) is 0 Å². The zero-order valence-corrected chi connectivity index (χ0v) is 9.06. The molecule has 1 heterocycles. The van der Waals surface area contributed by atoms with Crippen molar-refractivity contribution in [2.24, 2.45) is 11.8 Å². The van der Waals surface area contributed by atoms with Crippen LogP contribution in [0.25, 0.3) is 0 Å². The molecule has 1 aliphatic heterocycles. The Morgan fingerprint density at radius 2 is 1.73 bits per heavy atom. The summed E-state index contributed by atoms with van der Waals surface area (Å²) in [5.74, 6) is -2.69. The van der Waals surface area contributed by atoms with Gasteiger partial charge in [-0.15, -0.1) is 0 Å². The van der Waals surface area contributed by atoms with Crippen molar-refractivity contribution in [2.75, 3.05) is 0 Å². The molecule has 1 saturated heterocycles. The van der Waals surface area contributed by atoms with Gasteiger partial charge in [0, 0.05) is 11.8 Å². The maximum atomic E-state index is 11.7. The second-order valence-electron chi connectivity index (χ2n) is 3.89. The Morgan fingerprint density at radius 3 is 2.00 bits per heavy atom. The van der Waals surface area contributed by atoms with E-state index in [9.17, 15) is 14.4 Å². The van der Waals surface area contributed by atoms with Gasteiger partial charge in [-0.25, -0.2) is 4.79 Å². The number of rotatable bonds is 3. The van der Waals surface area contributed by atoms with Crippen LogP contribution in [-0.4, -0.2) is 33.8 Å². The Bertz CT molecular complexity index is 293. The summed E-state index contributed by atoms with van der Waals surface area (Å²) >= 11 is 0. The first-order valence-electron chi connectivity index (χ1n) is 5.01. The highest BCUT2D eigenvalue weighted by molar-refractivity contribution is 6.07. The van der Waals surface area contributed by atoms with Crippen LogP contribution >= 0.6 is 0 Å². The number of likely N-dealkylation sites (tertiary alicyclic amines) is 1. The number of imide groups is 1. The second kappa shape index (κ2) is 4.00. The fraction of sp³-hybridized carbons (Fsp3) is 0.700. The van der Waals surface area contributed by atoms with Crippen LogP contribution in [0, 0.1) is 11.8 Å². The molecule has 5 nitrogen and oxygen atoms in total. The number of hydrogen-bond donors (Lipinski definition) is 1. The largest absolute Gasteiger partial charge is 0.480 e. The fourth-order valence-electron chi connectivity index (χ4n) is 1.75. The van der Waals surface area contributed by atoms with Crippen molar-refractivity contribution in [3.63, 3.8) is 0 Å². The second-order valence-corrected chi connectivity index (χ2v) is 3.89. The smallest absolute Gasteiger partial charge is 0.326 e. The summed E-state index contributed by atoms with van der Waals surface area (Å²) in [5, 5.41) is 8.90. The Hall–Kier alpha value is -1.39. The number of carbonyl (C=O) groups is 3. The standard InChI is InChI=1S/C10H15NO4/c1-4-7(10(14)15)11-8(12)5(2)6(3)9(11)13/h5-7H,4H2,1-3H3,(H,14,15). The molecule has 84 valence electrons. The van der Waals surface area contributed by atoms with Gasteiger partial charge < -0.3 is 5.11 Å². The maximum absolute atomic E-state index is 11.7. The minimum absolute atomic E-state index is 0.242. The van der Waals surface area contributed by atoms with Gasteiger partial charge in [0.05, 0.1) is 0 Å². The van der Waals surface area contributed by atoms with Crippen LogP contribution in [0.4, 0.5) is 0 Å². The van der Waals surface area contributed by atoms with E-state index in [1.807, 2.05) is 0 Å². The van der Waals surface area contributed by atoms with Crippen molar-refractivity contribution < 1.29 is 19.5 Å². The third-order valence-electron chi connectivity index (χ3n) is 2.99. The zero-order chi connectivity index (χ0) is 11.7. The monoisotopic (exact) mass is 213 g/mol. The highest BCUT2D eigenvalue weighted by atomic mass is 16.4. The maximum Gasteiger partial charge on any atom is 0.326 e. The summed E-state index contributed by atoms with van der Waals surface area (Å²) in [6, 6.07) is -1.02. The summed E-state index contributed by atoms with van der Waals surface area (Å²) in [4.78, 5) is 35.1. The molecule has 0 aromatic heterocycles. The number of nitrogens with zero attached hydrogens (tertiary/aromatic N) is 1. The van der Waals surface area contributed by atoms with E-state index < -0.39 is 23.8 Å². The predicted octanol–water partition coefficient (Wildman–Crippen LogP) is 0.491. The summed E-state index contributed by atoms with van der Waals surface area (Å²) in [6.45, 7) is 4.95. The lowest BCUT2D eigenvalue weighted by Crippen LogP contribution is -2.45. The molecule has 3 atom stereocenters. The first-order valence-corrected chi connectivity index (χ1v) is 5.01. The molecule has 5 heteroatoms. The molecule has 1 N–H and O–H groups in total. The van der Waals surface area contributed by atoms with E-state index in [1.54, 1.807) is 20.8 Å². The lowest BCUT2D eigenvalue weighted by molar-refractivity contribution is -0.155. The Labute approximate surface area is 88.1 Å². The van der Waals surface area contributed by atoms with Crippen molar-refractivity contribution in [3.8, 4) is 0 Å². The molecule has 2 amide bonds. The van der Waals surface area contributed by atoms with Crippen molar-refractivity contribution in [3.05, 3.63) is 0 Å². The van der Waals surface area contributed by atoms with Gasteiger partial charge in [-0.3, -0.25) is 14.5 Å². The molecule has 3 unspecified atom stereocenters.